The van der Waals surface area contributed by atoms with Crippen LogP contribution in [0.2, 0.25) is 5.02 Å². The predicted molar refractivity (Wildman–Crippen MR) is 62.1 cm³/mol. The van der Waals surface area contributed by atoms with Crippen LogP contribution in [-0.4, -0.2) is 15.3 Å². The van der Waals surface area contributed by atoms with E-state index in [1.165, 1.54) is 0 Å². The zero-order valence-electron chi connectivity index (χ0n) is 9.33. The molecule has 1 aliphatic carbocycles. The Hall–Kier alpha value is -0.540. The maximum absolute atomic E-state index is 6.11. The summed E-state index contributed by atoms with van der Waals surface area (Å²) in [5, 5.41) is 5.05. The van der Waals surface area contributed by atoms with Crippen molar-refractivity contribution in [2.24, 2.45) is 5.73 Å². The minimum absolute atomic E-state index is 0.0927. The second-order valence-corrected chi connectivity index (χ2v) is 5.25. The van der Waals surface area contributed by atoms with Crippen LogP contribution in [-0.2, 0) is 6.42 Å². The van der Waals surface area contributed by atoms with E-state index in [4.69, 9.17) is 17.3 Å². The fraction of sp³-hybridized carbons (Fsp3) is 0.727. The van der Waals surface area contributed by atoms with E-state index in [2.05, 4.69) is 18.9 Å². The fourth-order valence-corrected chi connectivity index (χ4v) is 2.05. The molecular weight excluding hydrogens is 210 g/mol. The highest BCUT2D eigenvalue weighted by molar-refractivity contribution is 6.31. The van der Waals surface area contributed by atoms with Crippen LogP contribution < -0.4 is 5.73 Å². The van der Waals surface area contributed by atoms with E-state index in [1.54, 1.807) is 6.20 Å². The molecule has 0 saturated heterocycles. The third kappa shape index (κ3) is 2.34. The summed E-state index contributed by atoms with van der Waals surface area (Å²) in [6, 6.07) is 0.362. The van der Waals surface area contributed by atoms with E-state index >= 15 is 0 Å². The van der Waals surface area contributed by atoms with Crippen molar-refractivity contribution in [3.63, 3.8) is 0 Å². The van der Waals surface area contributed by atoms with Gasteiger partial charge in [0.2, 0.25) is 0 Å². The van der Waals surface area contributed by atoms with Crippen LogP contribution in [0.25, 0.3) is 0 Å². The number of nitrogens with zero attached hydrogens (tertiary/aromatic N) is 2. The molecule has 2 N–H and O–H groups in total. The number of aromatic nitrogens is 2. The van der Waals surface area contributed by atoms with Crippen molar-refractivity contribution in [3.05, 3.63) is 16.9 Å². The lowest BCUT2D eigenvalue weighted by Crippen LogP contribution is -2.23. The van der Waals surface area contributed by atoms with Crippen molar-refractivity contribution in [1.82, 2.24) is 9.78 Å². The highest BCUT2D eigenvalue weighted by atomic mass is 35.5. The van der Waals surface area contributed by atoms with Gasteiger partial charge in [-0.05, 0) is 39.5 Å². The molecule has 4 heteroatoms. The lowest BCUT2D eigenvalue weighted by molar-refractivity contribution is 0.493. The lowest BCUT2D eigenvalue weighted by Gasteiger charge is -2.13. The van der Waals surface area contributed by atoms with Gasteiger partial charge in [-0.15, -0.1) is 0 Å². The number of hydrogen-bond acceptors (Lipinski definition) is 2. The Labute approximate surface area is 95.6 Å². The smallest absolute Gasteiger partial charge is 0.0817 e. The first-order valence-electron chi connectivity index (χ1n) is 5.53. The van der Waals surface area contributed by atoms with Gasteiger partial charge in [0.05, 0.1) is 16.9 Å². The highest BCUT2D eigenvalue weighted by Gasteiger charge is 2.37. The molecule has 0 radical (unpaired) electrons. The first kappa shape index (κ1) is 11.0. The summed E-state index contributed by atoms with van der Waals surface area (Å²) in [4.78, 5) is 0. The zero-order valence-corrected chi connectivity index (χ0v) is 10.1. The first-order chi connectivity index (χ1) is 7.02. The van der Waals surface area contributed by atoms with Crippen LogP contribution in [0.5, 0.6) is 0 Å². The average Bonchev–Trinajstić information content (AvgIpc) is 2.76. The fourth-order valence-electron chi connectivity index (χ4n) is 1.82. The standard InChI is InChI=1S/C11H18ClN3/c1-8(2)15-10(9(12)7-14-15)3-4-11(13)5-6-11/h7-8H,3-6,13H2,1-2H3. The summed E-state index contributed by atoms with van der Waals surface area (Å²) in [5.41, 5.74) is 7.29. The molecule has 1 fully saturated rings. The van der Waals surface area contributed by atoms with Crippen LogP contribution in [0.15, 0.2) is 6.20 Å². The molecule has 0 atom stereocenters. The highest BCUT2D eigenvalue weighted by Crippen LogP contribution is 2.37. The molecule has 1 aromatic heterocycles. The molecule has 1 aromatic rings. The van der Waals surface area contributed by atoms with Gasteiger partial charge in [0.15, 0.2) is 0 Å². The van der Waals surface area contributed by atoms with E-state index < -0.39 is 0 Å². The Bertz CT molecular complexity index is 353. The molecule has 0 amide bonds. The van der Waals surface area contributed by atoms with Crippen molar-refractivity contribution in [2.45, 2.75) is 51.1 Å². The zero-order chi connectivity index (χ0) is 11.1. The van der Waals surface area contributed by atoms with Crippen molar-refractivity contribution in [2.75, 3.05) is 0 Å². The van der Waals surface area contributed by atoms with Crippen LogP contribution in [0.3, 0.4) is 0 Å². The van der Waals surface area contributed by atoms with Gasteiger partial charge in [0.1, 0.15) is 0 Å². The van der Waals surface area contributed by atoms with Crippen molar-refractivity contribution >= 4 is 11.6 Å². The summed E-state index contributed by atoms with van der Waals surface area (Å²) in [7, 11) is 0. The van der Waals surface area contributed by atoms with Gasteiger partial charge in [-0.3, -0.25) is 4.68 Å². The van der Waals surface area contributed by atoms with Crippen molar-refractivity contribution < 1.29 is 0 Å². The molecule has 0 spiro atoms. The average molecular weight is 228 g/mol. The monoisotopic (exact) mass is 227 g/mol. The number of hydrogen-bond donors (Lipinski definition) is 1. The van der Waals surface area contributed by atoms with Crippen LogP contribution in [0, 0.1) is 0 Å². The van der Waals surface area contributed by atoms with Crippen LogP contribution >= 0.6 is 11.6 Å². The molecule has 0 aliphatic heterocycles. The van der Waals surface area contributed by atoms with E-state index in [-0.39, 0.29) is 5.54 Å². The Morgan fingerprint density at radius 1 is 1.60 bits per heavy atom. The number of nitrogens with two attached hydrogens (primary N) is 1. The lowest BCUT2D eigenvalue weighted by atomic mass is 10.1. The third-order valence-electron chi connectivity index (χ3n) is 3.09. The summed E-state index contributed by atoms with van der Waals surface area (Å²) >= 11 is 6.11. The van der Waals surface area contributed by atoms with Gasteiger partial charge in [-0.25, -0.2) is 0 Å². The van der Waals surface area contributed by atoms with Gasteiger partial charge in [-0.2, -0.15) is 5.10 Å². The molecule has 1 heterocycles. The predicted octanol–water partition coefficient (Wildman–Crippen LogP) is 2.54. The van der Waals surface area contributed by atoms with Crippen molar-refractivity contribution in [3.8, 4) is 0 Å². The largest absolute Gasteiger partial charge is 0.325 e. The quantitative estimate of drug-likeness (QED) is 0.859. The van der Waals surface area contributed by atoms with Gasteiger partial charge >= 0.3 is 0 Å². The topological polar surface area (TPSA) is 43.8 Å². The van der Waals surface area contributed by atoms with Crippen LogP contribution in [0.1, 0.15) is 44.8 Å². The Balaban J connectivity index is 2.08. The third-order valence-corrected chi connectivity index (χ3v) is 3.40. The minimum Gasteiger partial charge on any atom is -0.325 e. The molecule has 1 saturated carbocycles. The number of rotatable bonds is 4. The maximum Gasteiger partial charge on any atom is 0.0817 e. The Kier molecular flexibility index (Phi) is 2.77. The van der Waals surface area contributed by atoms with Crippen LogP contribution in [0.4, 0.5) is 0 Å². The van der Waals surface area contributed by atoms with E-state index in [9.17, 15) is 0 Å². The molecule has 0 aromatic carbocycles. The molecule has 15 heavy (non-hydrogen) atoms. The molecule has 0 bridgehead atoms. The molecular formula is C11H18ClN3. The summed E-state index contributed by atoms with van der Waals surface area (Å²) in [5.74, 6) is 0. The van der Waals surface area contributed by atoms with Gasteiger partial charge in [0, 0.05) is 11.6 Å². The SMILES string of the molecule is CC(C)n1ncc(Cl)c1CCC1(N)CC1. The maximum atomic E-state index is 6.11. The van der Waals surface area contributed by atoms with Gasteiger partial charge < -0.3 is 5.73 Å². The molecule has 1 aliphatic rings. The molecule has 0 unspecified atom stereocenters. The van der Waals surface area contributed by atoms with E-state index in [0.717, 1.165) is 36.4 Å². The first-order valence-corrected chi connectivity index (χ1v) is 5.90. The van der Waals surface area contributed by atoms with Crippen molar-refractivity contribution in [1.29, 1.82) is 0 Å². The van der Waals surface area contributed by atoms with E-state index in [1.807, 2.05) is 4.68 Å². The summed E-state index contributed by atoms with van der Waals surface area (Å²) in [6.45, 7) is 4.23. The summed E-state index contributed by atoms with van der Waals surface area (Å²) < 4.78 is 1.99. The summed E-state index contributed by atoms with van der Waals surface area (Å²) in [6.07, 6.45) is 5.99. The second-order valence-electron chi connectivity index (χ2n) is 4.84. The van der Waals surface area contributed by atoms with Gasteiger partial charge in [-0.1, -0.05) is 11.6 Å². The number of halogens is 1. The molecule has 84 valence electrons. The molecule has 3 nitrogen and oxygen atoms in total. The van der Waals surface area contributed by atoms with E-state index in [0.29, 0.717) is 6.04 Å². The molecule has 2 rings (SSSR count). The Morgan fingerprint density at radius 2 is 2.27 bits per heavy atom. The second kappa shape index (κ2) is 3.80. The minimum atomic E-state index is 0.0927. The normalized spacial score (nSPS) is 18.5. The Morgan fingerprint density at radius 3 is 2.80 bits per heavy atom. The van der Waals surface area contributed by atoms with Gasteiger partial charge in [0.25, 0.3) is 0 Å².